The molecule has 3 heterocycles. The van der Waals surface area contributed by atoms with Crippen LogP contribution in [0.2, 0.25) is 0 Å². The van der Waals surface area contributed by atoms with Crippen molar-refractivity contribution in [1.29, 1.82) is 0 Å². The number of benzene rings is 1. The van der Waals surface area contributed by atoms with Gasteiger partial charge in [0.05, 0.1) is 18.7 Å². The quantitative estimate of drug-likeness (QED) is 0.736. The Morgan fingerprint density at radius 3 is 2.52 bits per heavy atom. The van der Waals surface area contributed by atoms with E-state index in [2.05, 4.69) is 35.8 Å². The van der Waals surface area contributed by atoms with E-state index in [1.165, 1.54) is 5.56 Å². The molecule has 0 N–H and O–H groups in total. The van der Waals surface area contributed by atoms with Gasteiger partial charge in [-0.05, 0) is 19.4 Å². The predicted octanol–water partition coefficient (Wildman–Crippen LogP) is 3.37. The number of aromatic nitrogens is 1. The number of hydrogen-bond donors (Lipinski definition) is 0. The van der Waals surface area contributed by atoms with Crippen LogP contribution < -0.4 is 0 Å². The number of rotatable bonds is 3. The highest BCUT2D eigenvalue weighted by Crippen LogP contribution is 2.26. The van der Waals surface area contributed by atoms with E-state index in [1.807, 2.05) is 24.0 Å². The van der Waals surface area contributed by atoms with Crippen LogP contribution in [-0.2, 0) is 11.3 Å². The molecule has 0 bridgehead atoms. The third-order valence-corrected chi connectivity index (χ3v) is 4.69. The van der Waals surface area contributed by atoms with Gasteiger partial charge < -0.3 is 18.6 Å². The number of fused-ring (bicyclic) bond motifs is 1. The number of aryl methyl sites for hydroxylation is 2. The molecule has 0 aliphatic carbocycles. The minimum Gasteiger partial charge on any atom is -0.460 e. The third kappa shape index (κ3) is 3.07. The highest BCUT2D eigenvalue weighted by molar-refractivity contribution is 5.97. The topological polar surface area (TPSA) is 47.6 Å². The average Bonchev–Trinajstić information content (AvgIpc) is 3.14. The number of amides is 1. The zero-order chi connectivity index (χ0) is 17.4. The van der Waals surface area contributed by atoms with Crippen LogP contribution in [0.1, 0.15) is 27.4 Å². The Hall–Kier alpha value is -2.53. The summed E-state index contributed by atoms with van der Waals surface area (Å²) in [4.78, 5) is 14.9. The number of hydrogen-bond acceptors (Lipinski definition) is 3. The smallest absolute Gasteiger partial charge is 0.270 e. The molecule has 1 aliphatic rings. The lowest BCUT2D eigenvalue weighted by Gasteiger charge is -2.27. The van der Waals surface area contributed by atoms with Crippen molar-refractivity contribution in [3.8, 4) is 0 Å². The van der Waals surface area contributed by atoms with Crippen LogP contribution in [0.3, 0.4) is 0 Å². The van der Waals surface area contributed by atoms with E-state index in [0.717, 1.165) is 22.4 Å². The molecule has 3 aromatic rings. The van der Waals surface area contributed by atoms with Crippen molar-refractivity contribution in [3.05, 3.63) is 59.0 Å². The van der Waals surface area contributed by atoms with Gasteiger partial charge in [-0.2, -0.15) is 0 Å². The molecule has 2 aromatic heterocycles. The average molecular weight is 338 g/mol. The summed E-state index contributed by atoms with van der Waals surface area (Å²) in [5.74, 6) is 0.896. The van der Waals surface area contributed by atoms with Crippen molar-refractivity contribution < 1.29 is 13.9 Å². The van der Waals surface area contributed by atoms with E-state index in [1.54, 1.807) is 0 Å². The second-order valence-electron chi connectivity index (χ2n) is 6.61. The molecule has 4 rings (SSSR count). The monoisotopic (exact) mass is 338 g/mol. The summed E-state index contributed by atoms with van der Waals surface area (Å²) in [7, 11) is 0. The van der Waals surface area contributed by atoms with Crippen LogP contribution in [-0.4, -0.2) is 41.7 Å². The highest BCUT2D eigenvalue weighted by atomic mass is 16.5. The Labute approximate surface area is 146 Å². The van der Waals surface area contributed by atoms with Crippen LogP contribution in [0.15, 0.2) is 40.8 Å². The first-order valence-electron chi connectivity index (χ1n) is 8.64. The largest absolute Gasteiger partial charge is 0.460 e. The van der Waals surface area contributed by atoms with Gasteiger partial charge in [-0.15, -0.1) is 0 Å². The van der Waals surface area contributed by atoms with Gasteiger partial charge in [-0.3, -0.25) is 4.79 Å². The predicted molar refractivity (Wildman–Crippen MR) is 95.9 cm³/mol. The van der Waals surface area contributed by atoms with Gasteiger partial charge in [0.15, 0.2) is 5.58 Å². The van der Waals surface area contributed by atoms with Crippen LogP contribution in [0.5, 0.6) is 0 Å². The maximum atomic E-state index is 13.0. The maximum absolute atomic E-state index is 13.0. The molecule has 1 fully saturated rings. The van der Waals surface area contributed by atoms with Gasteiger partial charge in [-0.1, -0.05) is 29.8 Å². The Morgan fingerprint density at radius 1 is 1.08 bits per heavy atom. The van der Waals surface area contributed by atoms with E-state index in [-0.39, 0.29) is 5.91 Å². The second kappa shape index (κ2) is 6.41. The number of morpholine rings is 1. The molecule has 1 amide bonds. The summed E-state index contributed by atoms with van der Waals surface area (Å²) in [5, 5.41) is 0. The van der Waals surface area contributed by atoms with Crippen LogP contribution in [0.25, 0.3) is 11.1 Å². The van der Waals surface area contributed by atoms with Crippen LogP contribution in [0, 0.1) is 13.8 Å². The van der Waals surface area contributed by atoms with Gasteiger partial charge in [0.1, 0.15) is 11.5 Å². The molecule has 0 radical (unpaired) electrons. The van der Waals surface area contributed by atoms with Gasteiger partial charge in [-0.25, -0.2) is 0 Å². The summed E-state index contributed by atoms with van der Waals surface area (Å²) >= 11 is 0. The summed E-state index contributed by atoms with van der Waals surface area (Å²) < 4.78 is 13.2. The van der Waals surface area contributed by atoms with Crippen LogP contribution >= 0.6 is 0 Å². The van der Waals surface area contributed by atoms with Gasteiger partial charge in [0, 0.05) is 31.8 Å². The first-order valence-corrected chi connectivity index (χ1v) is 8.64. The minimum atomic E-state index is 0.0412. The number of carbonyl (C=O) groups excluding carboxylic acids is 1. The van der Waals surface area contributed by atoms with E-state index in [4.69, 9.17) is 9.15 Å². The Balaban J connectivity index is 1.73. The number of nitrogens with zero attached hydrogens (tertiary/aromatic N) is 2. The fourth-order valence-electron chi connectivity index (χ4n) is 3.32. The fourth-order valence-corrected chi connectivity index (χ4v) is 3.32. The van der Waals surface area contributed by atoms with E-state index < -0.39 is 0 Å². The molecule has 5 nitrogen and oxygen atoms in total. The first-order chi connectivity index (χ1) is 12.1. The van der Waals surface area contributed by atoms with Gasteiger partial charge in [0.2, 0.25) is 0 Å². The third-order valence-electron chi connectivity index (χ3n) is 4.69. The molecule has 130 valence electrons. The number of ether oxygens (including phenoxy) is 1. The zero-order valence-corrected chi connectivity index (χ0v) is 14.6. The second-order valence-corrected chi connectivity index (χ2v) is 6.61. The lowest BCUT2D eigenvalue weighted by atomic mass is 10.1. The highest BCUT2D eigenvalue weighted by Gasteiger charge is 2.24. The van der Waals surface area contributed by atoms with Crippen molar-refractivity contribution in [2.75, 3.05) is 26.3 Å². The Bertz CT molecular complexity index is 899. The zero-order valence-electron chi connectivity index (χ0n) is 14.6. The van der Waals surface area contributed by atoms with E-state index in [0.29, 0.717) is 38.5 Å². The normalized spacial score (nSPS) is 15.0. The van der Waals surface area contributed by atoms with Crippen molar-refractivity contribution in [2.24, 2.45) is 0 Å². The van der Waals surface area contributed by atoms with Crippen molar-refractivity contribution >= 4 is 17.0 Å². The lowest BCUT2D eigenvalue weighted by molar-refractivity contribution is 0.0296. The summed E-state index contributed by atoms with van der Waals surface area (Å²) in [6.07, 6.45) is 0. The molecule has 0 spiro atoms. The van der Waals surface area contributed by atoms with E-state index in [9.17, 15) is 4.79 Å². The number of carbonyl (C=O) groups is 1. The maximum Gasteiger partial charge on any atom is 0.270 e. The molecule has 1 aliphatic heterocycles. The molecule has 0 saturated carbocycles. The summed E-state index contributed by atoms with van der Waals surface area (Å²) in [6, 6.07) is 12.3. The van der Waals surface area contributed by atoms with Gasteiger partial charge >= 0.3 is 0 Å². The molecule has 0 unspecified atom stereocenters. The molecule has 5 heteroatoms. The van der Waals surface area contributed by atoms with Crippen molar-refractivity contribution in [3.63, 3.8) is 0 Å². The number of furan rings is 1. The molecule has 1 aromatic carbocycles. The van der Waals surface area contributed by atoms with Crippen molar-refractivity contribution in [1.82, 2.24) is 9.47 Å². The van der Waals surface area contributed by atoms with Gasteiger partial charge in [0.25, 0.3) is 5.91 Å². The Kier molecular flexibility index (Phi) is 4.09. The summed E-state index contributed by atoms with van der Waals surface area (Å²) in [5.41, 5.74) is 4.80. The fraction of sp³-hybridized carbons (Fsp3) is 0.350. The molecule has 25 heavy (non-hydrogen) atoms. The lowest BCUT2D eigenvalue weighted by Crippen LogP contribution is -2.41. The molecule has 0 atom stereocenters. The SMILES string of the molecule is Cc1ccc(Cn2c(C(=O)N3CCOCC3)cc3oc(C)cc32)cc1. The van der Waals surface area contributed by atoms with Crippen LogP contribution in [0.4, 0.5) is 0 Å². The minimum absolute atomic E-state index is 0.0412. The Morgan fingerprint density at radius 2 is 1.80 bits per heavy atom. The summed E-state index contributed by atoms with van der Waals surface area (Å²) in [6.45, 7) is 7.11. The molecular formula is C20H22N2O3. The van der Waals surface area contributed by atoms with Crippen molar-refractivity contribution in [2.45, 2.75) is 20.4 Å². The molecule has 1 saturated heterocycles. The van der Waals surface area contributed by atoms with E-state index >= 15 is 0 Å². The molecular weight excluding hydrogens is 316 g/mol. The standard InChI is InChI=1S/C20H22N2O3/c1-14-3-5-16(6-4-14)13-22-17-11-15(2)25-19(17)12-18(22)20(23)21-7-9-24-10-8-21/h3-6,11-12H,7-10,13H2,1-2H3. The first kappa shape index (κ1) is 16.0.